The van der Waals surface area contributed by atoms with Crippen LogP contribution in [0.4, 0.5) is 10.1 Å². The van der Waals surface area contributed by atoms with E-state index in [2.05, 4.69) is 4.90 Å². The lowest BCUT2D eigenvalue weighted by atomic mass is 9.95. The lowest BCUT2D eigenvalue weighted by Gasteiger charge is -2.36. The zero-order chi connectivity index (χ0) is 12.4. The van der Waals surface area contributed by atoms with Gasteiger partial charge in [-0.1, -0.05) is 6.92 Å². The van der Waals surface area contributed by atoms with E-state index in [-0.39, 0.29) is 17.8 Å². The molecule has 0 saturated carbocycles. The number of nitrogens with zero attached hydrogens (tertiary/aromatic N) is 1. The van der Waals surface area contributed by atoms with Gasteiger partial charge in [0.15, 0.2) is 0 Å². The minimum absolute atomic E-state index is 0.229. The summed E-state index contributed by atoms with van der Waals surface area (Å²) in [5, 5.41) is 9.70. The molecule has 17 heavy (non-hydrogen) atoms. The van der Waals surface area contributed by atoms with Crippen molar-refractivity contribution in [3.8, 4) is 0 Å². The van der Waals surface area contributed by atoms with Gasteiger partial charge in [-0.15, -0.1) is 0 Å². The highest BCUT2D eigenvalue weighted by atomic mass is 19.1. The second-order valence-electron chi connectivity index (χ2n) is 4.76. The van der Waals surface area contributed by atoms with E-state index < -0.39 is 0 Å². The van der Waals surface area contributed by atoms with E-state index in [0.29, 0.717) is 6.54 Å². The number of aliphatic hydroxyl groups is 1. The molecule has 1 fully saturated rings. The Morgan fingerprint density at radius 2 is 2.29 bits per heavy atom. The predicted octanol–water partition coefficient (Wildman–Crippen LogP) is 1.49. The van der Waals surface area contributed by atoms with Gasteiger partial charge in [0.05, 0.1) is 6.10 Å². The summed E-state index contributed by atoms with van der Waals surface area (Å²) >= 11 is 0. The molecule has 0 aromatic heterocycles. The first-order valence-corrected chi connectivity index (χ1v) is 6.03. The highest BCUT2D eigenvalue weighted by molar-refractivity contribution is 5.54. The highest BCUT2D eigenvalue weighted by Crippen LogP contribution is 2.26. The largest absolute Gasteiger partial charge is 0.393 e. The topological polar surface area (TPSA) is 49.5 Å². The Morgan fingerprint density at radius 1 is 1.53 bits per heavy atom. The molecule has 2 unspecified atom stereocenters. The Balaban J connectivity index is 2.22. The van der Waals surface area contributed by atoms with Crippen molar-refractivity contribution in [2.75, 3.05) is 18.0 Å². The van der Waals surface area contributed by atoms with Gasteiger partial charge in [-0.25, -0.2) is 4.39 Å². The van der Waals surface area contributed by atoms with Crippen molar-refractivity contribution in [2.24, 2.45) is 11.7 Å². The van der Waals surface area contributed by atoms with Crippen LogP contribution in [0, 0.1) is 11.7 Å². The van der Waals surface area contributed by atoms with Gasteiger partial charge in [0.2, 0.25) is 0 Å². The van der Waals surface area contributed by atoms with Gasteiger partial charge in [-0.05, 0) is 36.1 Å². The molecule has 1 aromatic carbocycles. The lowest BCUT2D eigenvalue weighted by Crippen LogP contribution is -2.42. The van der Waals surface area contributed by atoms with Crippen LogP contribution in [0.25, 0.3) is 0 Å². The molecular formula is C13H19FN2O. The summed E-state index contributed by atoms with van der Waals surface area (Å²) in [7, 11) is 0. The molecule has 2 atom stereocenters. The van der Waals surface area contributed by atoms with Gasteiger partial charge in [-0.3, -0.25) is 0 Å². The fourth-order valence-electron chi connectivity index (χ4n) is 2.38. The summed E-state index contributed by atoms with van der Waals surface area (Å²) in [6, 6.07) is 4.73. The molecule has 94 valence electrons. The number of rotatable bonds is 2. The summed E-state index contributed by atoms with van der Waals surface area (Å²) in [5.74, 6) is -0.0151. The van der Waals surface area contributed by atoms with Crippen molar-refractivity contribution in [3.05, 3.63) is 29.6 Å². The third-order valence-corrected chi connectivity index (χ3v) is 3.46. The molecule has 1 heterocycles. The molecule has 1 aliphatic rings. The number of benzene rings is 1. The zero-order valence-corrected chi connectivity index (χ0v) is 10.1. The van der Waals surface area contributed by atoms with Gasteiger partial charge in [0, 0.05) is 25.3 Å². The monoisotopic (exact) mass is 238 g/mol. The van der Waals surface area contributed by atoms with Crippen molar-refractivity contribution in [1.82, 2.24) is 0 Å². The van der Waals surface area contributed by atoms with E-state index in [1.54, 1.807) is 6.07 Å². The summed E-state index contributed by atoms with van der Waals surface area (Å²) in [4.78, 5) is 2.18. The van der Waals surface area contributed by atoms with Crippen molar-refractivity contribution >= 4 is 5.69 Å². The van der Waals surface area contributed by atoms with Crippen LogP contribution in [-0.2, 0) is 6.54 Å². The molecule has 0 bridgehead atoms. The van der Waals surface area contributed by atoms with E-state index in [4.69, 9.17) is 5.73 Å². The molecular weight excluding hydrogens is 219 g/mol. The maximum Gasteiger partial charge on any atom is 0.123 e. The van der Waals surface area contributed by atoms with Gasteiger partial charge >= 0.3 is 0 Å². The fourth-order valence-corrected chi connectivity index (χ4v) is 2.38. The summed E-state index contributed by atoms with van der Waals surface area (Å²) in [6.45, 7) is 3.95. The summed E-state index contributed by atoms with van der Waals surface area (Å²) in [6.07, 6.45) is 0.524. The predicted molar refractivity (Wildman–Crippen MR) is 66.3 cm³/mol. The fraction of sp³-hybridized carbons (Fsp3) is 0.538. The molecule has 4 heteroatoms. The van der Waals surface area contributed by atoms with Crippen LogP contribution in [0.2, 0.25) is 0 Å². The summed E-state index contributed by atoms with van der Waals surface area (Å²) in [5.41, 5.74) is 7.47. The molecule has 0 amide bonds. The van der Waals surface area contributed by atoms with Crippen LogP contribution < -0.4 is 10.6 Å². The molecule has 0 radical (unpaired) electrons. The first-order valence-electron chi connectivity index (χ1n) is 6.03. The molecule has 3 N–H and O–H groups in total. The molecule has 1 aliphatic heterocycles. The number of nitrogens with two attached hydrogens (primary N) is 1. The molecule has 0 aliphatic carbocycles. The average Bonchev–Trinajstić information content (AvgIpc) is 2.32. The average molecular weight is 238 g/mol. The Hall–Kier alpha value is -1.13. The number of hydrogen-bond acceptors (Lipinski definition) is 3. The van der Waals surface area contributed by atoms with Gasteiger partial charge < -0.3 is 15.7 Å². The zero-order valence-electron chi connectivity index (χ0n) is 10.1. The Morgan fingerprint density at radius 3 is 2.94 bits per heavy atom. The van der Waals surface area contributed by atoms with E-state index in [0.717, 1.165) is 30.8 Å². The Labute approximate surface area is 101 Å². The number of anilines is 1. The normalized spacial score (nSPS) is 25.1. The number of aliphatic hydroxyl groups excluding tert-OH is 1. The third kappa shape index (κ3) is 2.58. The van der Waals surface area contributed by atoms with Crippen LogP contribution in [0.5, 0.6) is 0 Å². The second-order valence-corrected chi connectivity index (χ2v) is 4.76. The third-order valence-electron chi connectivity index (χ3n) is 3.46. The number of halogens is 1. The number of hydrogen-bond donors (Lipinski definition) is 2. The van der Waals surface area contributed by atoms with Gasteiger partial charge in [0.25, 0.3) is 0 Å². The SMILES string of the molecule is CC1CN(c2ccc(F)cc2CN)CCC1O. The van der Waals surface area contributed by atoms with Crippen molar-refractivity contribution in [3.63, 3.8) is 0 Å². The molecule has 0 spiro atoms. The van der Waals surface area contributed by atoms with E-state index in [1.165, 1.54) is 12.1 Å². The lowest BCUT2D eigenvalue weighted by molar-refractivity contribution is 0.0970. The Kier molecular flexibility index (Phi) is 3.64. The van der Waals surface area contributed by atoms with Gasteiger partial charge in [-0.2, -0.15) is 0 Å². The van der Waals surface area contributed by atoms with Crippen LogP contribution in [0.1, 0.15) is 18.9 Å². The first-order chi connectivity index (χ1) is 8.11. The van der Waals surface area contributed by atoms with Crippen LogP contribution in [0.15, 0.2) is 18.2 Å². The molecule has 3 nitrogen and oxygen atoms in total. The van der Waals surface area contributed by atoms with Crippen molar-refractivity contribution in [2.45, 2.75) is 26.0 Å². The second kappa shape index (κ2) is 5.02. The standard InChI is InChI=1S/C13H19FN2O/c1-9-8-16(5-4-13(9)17)12-3-2-11(14)6-10(12)7-15/h2-3,6,9,13,17H,4-5,7-8,15H2,1H3. The number of piperidine rings is 1. The van der Waals surface area contributed by atoms with Crippen molar-refractivity contribution in [1.29, 1.82) is 0 Å². The first kappa shape index (κ1) is 12.3. The maximum absolute atomic E-state index is 13.1. The minimum Gasteiger partial charge on any atom is -0.393 e. The highest BCUT2D eigenvalue weighted by Gasteiger charge is 2.25. The van der Waals surface area contributed by atoms with Crippen LogP contribution >= 0.6 is 0 Å². The van der Waals surface area contributed by atoms with Crippen LogP contribution in [0.3, 0.4) is 0 Å². The Bertz CT molecular complexity index is 397. The van der Waals surface area contributed by atoms with E-state index >= 15 is 0 Å². The van der Waals surface area contributed by atoms with E-state index in [1.807, 2.05) is 6.92 Å². The quantitative estimate of drug-likeness (QED) is 0.820. The van der Waals surface area contributed by atoms with Gasteiger partial charge in [0.1, 0.15) is 5.82 Å². The maximum atomic E-state index is 13.1. The molecule has 2 rings (SSSR count). The van der Waals surface area contributed by atoms with E-state index in [9.17, 15) is 9.50 Å². The van der Waals surface area contributed by atoms with Crippen LogP contribution in [-0.4, -0.2) is 24.3 Å². The summed E-state index contributed by atoms with van der Waals surface area (Å²) < 4.78 is 13.1. The smallest absolute Gasteiger partial charge is 0.123 e. The van der Waals surface area contributed by atoms with Crippen molar-refractivity contribution < 1.29 is 9.50 Å². The molecule has 1 aromatic rings. The molecule has 1 saturated heterocycles. The minimum atomic E-state index is -0.251.